The number of likely N-dealkylation sites (tertiary alicyclic amines) is 1. The number of hydrogen-bond acceptors (Lipinski definition) is 3. The van der Waals surface area contributed by atoms with Gasteiger partial charge >= 0.3 is 6.09 Å². The number of carbonyl (C=O) groups is 2. The third kappa shape index (κ3) is 4.03. The molecular weight excluding hydrogens is 304 g/mol. The molecule has 0 aromatic carbocycles. The normalized spacial score (nSPS) is 21.5. The summed E-state index contributed by atoms with van der Waals surface area (Å²) in [4.78, 5) is 28.0. The standard InChI is InChI=1S/C19H26N2O3/c1-6-10-20(11-7-2)16(22)15-14-19(15)8-12-21(13-9-19)17(23)24-18(3,4)5/h1-2,15H,8-14H2,3-5H3/t15-/m1/s1. The van der Waals surface area contributed by atoms with E-state index in [1.807, 2.05) is 20.8 Å². The zero-order chi connectivity index (χ0) is 18.0. The van der Waals surface area contributed by atoms with Gasteiger partial charge in [-0.3, -0.25) is 4.79 Å². The third-order valence-electron chi connectivity index (χ3n) is 4.77. The molecule has 2 aliphatic rings. The van der Waals surface area contributed by atoms with Gasteiger partial charge in [0.05, 0.1) is 13.1 Å². The highest BCUT2D eigenvalue weighted by molar-refractivity contribution is 5.83. The number of amides is 2. The van der Waals surface area contributed by atoms with Crippen molar-refractivity contribution in [2.75, 3.05) is 26.2 Å². The number of ether oxygens (including phenoxy) is 1. The fraction of sp³-hybridized carbons (Fsp3) is 0.684. The molecular formula is C19H26N2O3. The molecule has 0 aromatic rings. The lowest BCUT2D eigenvalue weighted by molar-refractivity contribution is -0.132. The SMILES string of the molecule is C#CCN(CC#C)C(=O)[C@H]1CC12CCN(C(=O)OC(C)(C)C)CC2. The second-order valence-corrected chi connectivity index (χ2v) is 7.69. The molecule has 2 rings (SSSR count). The summed E-state index contributed by atoms with van der Waals surface area (Å²) >= 11 is 0. The van der Waals surface area contributed by atoms with E-state index in [1.165, 1.54) is 0 Å². The topological polar surface area (TPSA) is 49.9 Å². The van der Waals surface area contributed by atoms with Crippen molar-refractivity contribution in [3.05, 3.63) is 0 Å². The van der Waals surface area contributed by atoms with E-state index in [1.54, 1.807) is 9.80 Å². The molecule has 0 N–H and O–H groups in total. The van der Waals surface area contributed by atoms with E-state index >= 15 is 0 Å². The average molecular weight is 330 g/mol. The molecule has 0 radical (unpaired) electrons. The highest BCUT2D eigenvalue weighted by Gasteiger charge is 2.59. The first-order chi connectivity index (χ1) is 11.2. The van der Waals surface area contributed by atoms with Gasteiger partial charge in [-0.25, -0.2) is 4.79 Å². The number of piperidine rings is 1. The van der Waals surface area contributed by atoms with E-state index in [4.69, 9.17) is 17.6 Å². The summed E-state index contributed by atoms with van der Waals surface area (Å²) in [7, 11) is 0. The Kier molecular flexibility index (Phi) is 5.13. The minimum absolute atomic E-state index is 0.0110. The summed E-state index contributed by atoms with van der Waals surface area (Å²) < 4.78 is 5.41. The van der Waals surface area contributed by atoms with E-state index in [-0.39, 0.29) is 36.4 Å². The van der Waals surface area contributed by atoms with Crippen molar-refractivity contribution in [3.63, 3.8) is 0 Å². The molecule has 130 valence electrons. The van der Waals surface area contributed by atoms with Crippen LogP contribution < -0.4 is 0 Å². The van der Waals surface area contributed by atoms with Crippen molar-refractivity contribution in [1.29, 1.82) is 0 Å². The Morgan fingerprint density at radius 3 is 2.21 bits per heavy atom. The molecule has 0 aromatic heterocycles. The van der Waals surface area contributed by atoms with Gasteiger partial charge in [-0.15, -0.1) is 12.8 Å². The molecule has 1 aliphatic carbocycles. The van der Waals surface area contributed by atoms with E-state index in [0.717, 1.165) is 19.3 Å². The van der Waals surface area contributed by atoms with Crippen LogP contribution in [0.5, 0.6) is 0 Å². The molecule has 1 atom stereocenters. The van der Waals surface area contributed by atoms with Crippen molar-refractivity contribution in [2.24, 2.45) is 11.3 Å². The molecule has 5 nitrogen and oxygen atoms in total. The summed E-state index contributed by atoms with van der Waals surface area (Å²) in [6.07, 6.45) is 12.9. The van der Waals surface area contributed by atoms with E-state index in [2.05, 4.69) is 11.8 Å². The first-order valence-corrected chi connectivity index (χ1v) is 8.36. The van der Waals surface area contributed by atoms with Crippen LogP contribution in [-0.4, -0.2) is 53.6 Å². The quantitative estimate of drug-likeness (QED) is 0.745. The number of hydrogen-bond donors (Lipinski definition) is 0. The maximum Gasteiger partial charge on any atom is 0.410 e. The Bertz CT molecular complexity index is 567. The van der Waals surface area contributed by atoms with Crippen molar-refractivity contribution in [1.82, 2.24) is 9.80 Å². The first kappa shape index (κ1) is 18.2. The third-order valence-corrected chi connectivity index (χ3v) is 4.77. The van der Waals surface area contributed by atoms with Crippen LogP contribution in [0.2, 0.25) is 0 Å². The summed E-state index contributed by atoms with van der Waals surface area (Å²) in [5.41, 5.74) is -0.480. The molecule has 1 spiro atoms. The summed E-state index contributed by atoms with van der Waals surface area (Å²) in [5.74, 6) is 5.02. The van der Waals surface area contributed by atoms with Gasteiger partial charge in [0, 0.05) is 19.0 Å². The lowest BCUT2D eigenvalue weighted by Crippen LogP contribution is -2.43. The van der Waals surface area contributed by atoms with Crippen molar-refractivity contribution >= 4 is 12.0 Å². The van der Waals surface area contributed by atoms with Crippen LogP contribution >= 0.6 is 0 Å². The molecule has 2 amide bonds. The molecule has 1 saturated heterocycles. The largest absolute Gasteiger partial charge is 0.444 e. The van der Waals surface area contributed by atoms with Crippen molar-refractivity contribution in [3.8, 4) is 24.7 Å². The van der Waals surface area contributed by atoms with Crippen LogP contribution in [0, 0.1) is 36.0 Å². The Morgan fingerprint density at radius 1 is 1.21 bits per heavy atom. The van der Waals surface area contributed by atoms with Gasteiger partial charge in [-0.2, -0.15) is 0 Å². The second kappa shape index (κ2) is 6.77. The molecule has 0 bridgehead atoms. The lowest BCUT2D eigenvalue weighted by Gasteiger charge is -2.34. The zero-order valence-electron chi connectivity index (χ0n) is 14.8. The number of nitrogens with zero attached hydrogens (tertiary/aromatic N) is 2. The van der Waals surface area contributed by atoms with Crippen molar-refractivity contribution in [2.45, 2.75) is 45.6 Å². The van der Waals surface area contributed by atoms with Gasteiger partial charge < -0.3 is 14.5 Å². The Balaban J connectivity index is 1.89. The highest BCUT2D eigenvalue weighted by atomic mass is 16.6. The second-order valence-electron chi connectivity index (χ2n) is 7.69. The monoisotopic (exact) mass is 330 g/mol. The van der Waals surface area contributed by atoms with Gasteiger partial charge in [0.15, 0.2) is 0 Å². The average Bonchev–Trinajstić information content (AvgIpc) is 3.19. The summed E-state index contributed by atoms with van der Waals surface area (Å²) in [6, 6.07) is 0. The fourth-order valence-electron chi connectivity index (χ4n) is 3.36. The molecule has 1 saturated carbocycles. The van der Waals surface area contributed by atoms with Crippen LogP contribution in [0.25, 0.3) is 0 Å². The van der Waals surface area contributed by atoms with Crippen LogP contribution in [0.4, 0.5) is 4.79 Å². The van der Waals surface area contributed by atoms with Crippen molar-refractivity contribution < 1.29 is 14.3 Å². The van der Waals surface area contributed by atoms with E-state index < -0.39 is 5.60 Å². The molecule has 1 heterocycles. The van der Waals surface area contributed by atoms with Gasteiger partial charge in [0.25, 0.3) is 0 Å². The molecule has 0 unspecified atom stereocenters. The minimum atomic E-state index is -0.491. The molecule has 1 aliphatic heterocycles. The molecule has 2 fully saturated rings. The van der Waals surface area contributed by atoms with E-state index in [0.29, 0.717) is 13.1 Å². The van der Waals surface area contributed by atoms with Gasteiger partial charge in [-0.1, -0.05) is 11.8 Å². The smallest absolute Gasteiger partial charge is 0.410 e. The highest BCUT2D eigenvalue weighted by Crippen LogP contribution is 2.60. The summed E-state index contributed by atoms with van der Waals surface area (Å²) in [6.45, 7) is 7.33. The Morgan fingerprint density at radius 2 is 1.75 bits per heavy atom. The van der Waals surface area contributed by atoms with Gasteiger partial charge in [0.2, 0.25) is 5.91 Å². The number of rotatable bonds is 3. The first-order valence-electron chi connectivity index (χ1n) is 8.36. The minimum Gasteiger partial charge on any atom is -0.444 e. The lowest BCUT2D eigenvalue weighted by atomic mass is 9.90. The molecule has 24 heavy (non-hydrogen) atoms. The maximum atomic E-state index is 12.6. The zero-order valence-corrected chi connectivity index (χ0v) is 14.8. The predicted molar refractivity (Wildman–Crippen MR) is 91.8 cm³/mol. The number of terminal acetylenes is 2. The summed E-state index contributed by atoms with van der Waals surface area (Å²) in [5, 5.41) is 0. The van der Waals surface area contributed by atoms with Crippen LogP contribution in [-0.2, 0) is 9.53 Å². The number of carbonyl (C=O) groups excluding carboxylic acids is 2. The fourth-order valence-corrected chi connectivity index (χ4v) is 3.36. The van der Waals surface area contributed by atoms with Gasteiger partial charge in [0.1, 0.15) is 5.60 Å². The van der Waals surface area contributed by atoms with Gasteiger partial charge in [-0.05, 0) is 45.4 Å². The van der Waals surface area contributed by atoms with Crippen LogP contribution in [0.15, 0.2) is 0 Å². The van der Waals surface area contributed by atoms with E-state index in [9.17, 15) is 9.59 Å². The van der Waals surface area contributed by atoms with Crippen LogP contribution in [0.3, 0.4) is 0 Å². The maximum absolute atomic E-state index is 12.6. The predicted octanol–water partition coefficient (Wildman–Crippen LogP) is 2.12. The Hall–Kier alpha value is -2.14. The van der Waals surface area contributed by atoms with Crippen LogP contribution in [0.1, 0.15) is 40.0 Å². The Labute approximate surface area is 144 Å². The molecule has 5 heteroatoms.